The first-order valence-corrected chi connectivity index (χ1v) is 8.16. The molecule has 1 N–H and O–H groups in total. The molecule has 0 spiro atoms. The molecule has 0 aliphatic carbocycles. The molecule has 1 aromatic heterocycles. The number of nitrogens with one attached hydrogen (secondary N) is 1. The number of benzene rings is 2. The van der Waals surface area contributed by atoms with Gasteiger partial charge in [0.25, 0.3) is 5.91 Å². The van der Waals surface area contributed by atoms with Gasteiger partial charge in [-0.2, -0.15) is 5.10 Å². The Bertz CT molecular complexity index is 936. The minimum atomic E-state index is -0.306. The molecule has 0 unspecified atom stereocenters. The number of aryl methyl sites for hydroxylation is 2. The zero-order valence-corrected chi connectivity index (χ0v) is 14.6. The van der Waals surface area contributed by atoms with Crippen molar-refractivity contribution in [2.75, 3.05) is 5.32 Å². The average molecular weight is 358 g/mol. The van der Waals surface area contributed by atoms with E-state index in [1.165, 1.54) is 12.1 Å². The molecule has 0 saturated heterocycles. The number of hydrogen-bond acceptors (Lipinski definition) is 2. The quantitative estimate of drug-likeness (QED) is 0.742. The topological polar surface area (TPSA) is 46.9 Å². The van der Waals surface area contributed by atoms with Gasteiger partial charge in [-0.05, 0) is 54.8 Å². The Labute approximate surface area is 150 Å². The number of rotatable bonds is 4. The molecule has 128 valence electrons. The lowest BCUT2D eigenvalue weighted by Gasteiger charge is -2.06. The van der Waals surface area contributed by atoms with Gasteiger partial charge in [-0.1, -0.05) is 29.8 Å². The zero-order chi connectivity index (χ0) is 18.0. The van der Waals surface area contributed by atoms with Gasteiger partial charge in [-0.15, -0.1) is 0 Å². The van der Waals surface area contributed by atoms with Gasteiger partial charge < -0.3 is 5.32 Å². The summed E-state index contributed by atoms with van der Waals surface area (Å²) in [7, 11) is 0. The van der Waals surface area contributed by atoms with Crippen molar-refractivity contribution in [3.63, 3.8) is 0 Å². The maximum absolute atomic E-state index is 13.3. The van der Waals surface area contributed by atoms with Gasteiger partial charge in [0.05, 0.1) is 6.54 Å². The maximum atomic E-state index is 13.3. The van der Waals surface area contributed by atoms with Gasteiger partial charge >= 0.3 is 0 Å². The van der Waals surface area contributed by atoms with Crippen molar-refractivity contribution in [1.82, 2.24) is 9.78 Å². The van der Waals surface area contributed by atoms with Gasteiger partial charge in [0.15, 0.2) is 5.82 Å². The van der Waals surface area contributed by atoms with Crippen molar-refractivity contribution < 1.29 is 9.18 Å². The molecule has 0 radical (unpaired) electrons. The lowest BCUT2D eigenvalue weighted by Crippen LogP contribution is -2.13. The van der Waals surface area contributed by atoms with Gasteiger partial charge in [0, 0.05) is 11.8 Å². The van der Waals surface area contributed by atoms with E-state index in [9.17, 15) is 9.18 Å². The van der Waals surface area contributed by atoms with Crippen LogP contribution in [0.3, 0.4) is 0 Å². The van der Waals surface area contributed by atoms with Gasteiger partial charge in [0.1, 0.15) is 10.8 Å². The maximum Gasteiger partial charge on any atom is 0.256 e. The summed E-state index contributed by atoms with van der Waals surface area (Å²) in [5.41, 5.74) is 3.45. The first-order chi connectivity index (χ1) is 11.9. The van der Waals surface area contributed by atoms with Crippen molar-refractivity contribution in [1.29, 1.82) is 0 Å². The van der Waals surface area contributed by atoms with Crippen molar-refractivity contribution in [2.24, 2.45) is 0 Å². The molecule has 0 bridgehead atoms. The van der Waals surface area contributed by atoms with Crippen LogP contribution in [0.1, 0.15) is 27.0 Å². The summed E-state index contributed by atoms with van der Waals surface area (Å²) in [6.07, 6.45) is 1.60. The lowest BCUT2D eigenvalue weighted by molar-refractivity contribution is 0.102. The fourth-order valence-corrected chi connectivity index (χ4v) is 2.65. The van der Waals surface area contributed by atoms with Crippen LogP contribution < -0.4 is 5.32 Å². The molecule has 3 aromatic rings. The van der Waals surface area contributed by atoms with E-state index in [4.69, 9.17) is 11.6 Å². The number of carbonyl (C=O) groups is 1. The molecule has 0 atom stereocenters. The number of halogens is 2. The molecule has 0 fully saturated rings. The normalized spacial score (nSPS) is 10.7. The van der Waals surface area contributed by atoms with Crippen LogP contribution >= 0.6 is 11.6 Å². The van der Waals surface area contributed by atoms with Crippen LogP contribution in [0.4, 0.5) is 10.2 Å². The van der Waals surface area contributed by atoms with E-state index in [1.54, 1.807) is 29.1 Å². The van der Waals surface area contributed by atoms with Crippen LogP contribution in [0, 0.1) is 19.7 Å². The second-order valence-electron chi connectivity index (χ2n) is 5.91. The van der Waals surface area contributed by atoms with Gasteiger partial charge in [-0.25, -0.2) is 4.39 Å². The largest absolute Gasteiger partial charge is 0.304 e. The summed E-state index contributed by atoms with van der Waals surface area (Å²) >= 11 is 6.16. The van der Waals surface area contributed by atoms with Crippen LogP contribution in [0.15, 0.2) is 48.7 Å². The summed E-state index contributed by atoms with van der Waals surface area (Å²) in [5.74, 6) is -0.304. The summed E-state index contributed by atoms with van der Waals surface area (Å²) < 4.78 is 14.8. The van der Waals surface area contributed by atoms with E-state index in [-0.39, 0.29) is 17.5 Å². The first kappa shape index (κ1) is 17.2. The van der Waals surface area contributed by atoms with E-state index < -0.39 is 0 Å². The summed E-state index contributed by atoms with van der Waals surface area (Å²) in [5, 5.41) is 7.31. The number of carbonyl (C=O) groups excluding carboxylic acids is 1. The van der Waals surface area contributed by atoms with E-state index in [0.717, 1.165) is 16.7 Å². The minimum absolute atomic E-state index is 0.277. The van der Waals surface area contributed by atoms with Crippen LogP contribution in [0.5, 0.6) is 0 Å². The fourth-order valence-electron chi connectivity index (χ4n) is 2.45. The highest BCUT2D eigenvalue weighted by Crippen LogP contribution is 2.21. The van der Waals surface area contributed by atoms with Crippen molar-refractivity contribution in [3.05, 3.63) is 81.8 Å². The monoisotopic (exact) mass is 357 g/mol. The third-order valence-electron chi connectivity index (χ3n) is 3.95. The number of aromatic nitrogens is 2. The Hall–Kier alpha value is -2.66. The van der Waals surface area contributed by atoms with Gasteiger partial charge in [-0.3, -0.25) is 9.48 Å². The molecular formula is C19H17ClFN3O. The summed E-state index contributed by atoms with van der Waals surface area (Å²) in [4.78, 5) is 12.4. The third-order valence-corrected chi connectivity index (χ3v) is 4.23. The summed E-state index contributed by atoms with van der Waals surface area (Å²) in [6, 6.07) is 11.7. The number of hydrogen-bond donors (Lipinski definition) is 1. The van der Waals surface area contributed by atoms with Crippen molar-refractivity contribution >= 4 is 23.3 Å². The molecule has 3 rings (SSSR count). The smallest absolute Gasteiger partial charge is 0.256 e. The Morgan fingerprint density at radius 2 is 2.00 bits per heavy atom. The highest BCUT2D eigenvalue weighted by Gasteiger charge is 2.13. The van der Waals surface area contributed by atoms with E-state index in [1.807, 2.05) is 26.0 Å². The van der Waals surface area contributed by atoms with Crippen LogP contribution in [0.2, 0.25) is 5.02 Å². The highest BCUT2D eigenvalue weighted by molar-refractivity contribution is 6.33. The molecule has 2 aromatic carbocycles. The van der Waals surface area contributed by atoms with E-state index in [2.05, 4.69) is 10.4 Å². The molecule has 1 amide bonds. The standard InChI is InChI=1S/C19H17ClFN3O/c1-12-6-7-15(8-13(12)2)19(25)22-18-17(20)11-24(23-18)10-14-4-3-5-16(21)9-14/h3-9,11H,10H2,1-2H3,(H,22,23,25). The number of amides is 1. The Kier molecular flexibility index (Phi) is 4.86. The molecule has 6 heteroatoms. The molecule has 4 nitrogen and oxygen atoms in total. The van der Waals surface area contributed by atoms with Crippen molar-refractivity contribution in [3.8, 4) is 0 Å². The SMILES string of the molecule is Cc1ccc(C(=O)Nc2nn(Cc3cccc(F)c3)cc2Cl)cc1C. The summed E-state index contributed by atoms with van der Waals surface area (Å²) in [6.45, 7) is 4.30. The molecule has 0 aliphatic heterocycles. The minimum Gasteiger partial charge on any atom is -0.304 e. The van der Waals surface area contributed by atoms with E-state index >= 15 is 0 Å². The van der Waals surface area contributed by atoms with Crippen LogP contribution in [0.25, 0.3) is 0 Å². The second-order valence-corrected chi connectivity index (χ2v) is 6.31. The Morgan fingerprint density at radius 3 is 2.72 bits per heavy atom. The van der Waals surface area contributed by atoms with Crippen molar-refractivity contribution in [2.45, 2.75) is 20.4 Å². The molecule has 25 heavy (non-hydrogen) atoms. The third kappa shape index (κ3) is 4.06. The first-order valence-electron chi connectivity index (χ1n) is 7.78. The number of nitrogens with zero attached hydrogens (tertiary/aromatic N) is 2. The van der Waals surface area contributed by atoms with E-state index in [0.29, 0.717) is 17.1 Å². The predicted molar refractivity (Wildman–Crippen MR) is 96.6 cm³/mol. The molecule has 1 heterocycles. The molecular weight excluding hydrogens is 341 g/mol. The number of anilines is 1. The Balaban J connectivity index is 1.76. The van der Waals surface area contributed by atoms with Gasteiger partial charge in [0.2, 0.25) is 0 Å². The zero-order valence-electron chi connectivity index (χ0n) is 13.9. The second kappa shape index (κ2) is 7.07. The predicted octanol–water partition coefficient (Wildman–Crippen LogP) is 4.59. The van der Waals surface area contributed by atoms with Crippen LogP contribution in [-0.4, -0.2) is 15.7 Å². The lowest BCUT2D eigenvalue weighted by atomic mass is 10.1. The highest BCUT2D eigenvalue weighted by atomic mass is 35.5. The average Bonchev–Trinajstić information content (AvgIpc) is 2.89. The fraction of sp³-hybridized carbons (Fsp3) is 0.158. The molecule has 0 aliphatic rings. The Morgan fingerprint density at radius 1 is 1.20 bits per heavy atom. The molecule has 0 saturated carbocycles. The van der Waals surface area contributed by atoms with Crippen LogP contribution in [-0.2, 0) is 6.54 Å².